The second-order valence-electron chi connectivity index (χ2n) is 5.07. The molecule has 0 atom stereocenters. The van der Waals surface area contributed by atoms with Crippen molar-refractivity contribution >= 4 is 5.69 Å². The molecule has 0 bridgehead atoms. The second-order valence-corrected chi connectivity index (χ2v) is 5.07. The van der Waals surface area contributed by atoms with Gasteiger partial charge in [-0.2, -0.15) is 0 Å². The van der Waals surface area contributed by atoms with Crippen molar-refractivity contribution in [2.24, 2.45) is 0 Å². The summed E-state index contributed by atoms with van der Waals surface area (Å²) in [6, 6.07) is 6.03. The Kier molecular flexibility index (Phi) is 5.00. The van der Waals surface area contributed by atoms with Crippen molar-refractivity contribution < 1.29 is 9.34 Å². The van der Waals surface area contributed by atoms with Crippen molar-refractivity contribution in [2.45, 2.75) is 20.4 Å². The largest absolute Gasteiger partial charge is 0.419 e. The van der Waals surface area contributed by atoms with Gasteiger partial charge in [0.2, 0.25) is 11.8 Å². The molecule has 0 saturated heterocycles. The minimum Gasteiger partial charge on any atom is -0.419 e. The molecule has 1 aromatic carbocycles. The van der Waals surface area contributed by atoms with Crippen LogP contribution in [0.1, 0.15) is 19.7 Å². The highest BCUT2D eigenvalue weighted by atomic mass is 16.6. The van der Waals surface area contributed by atoms with Gasteiger partial charge in [0.25, 0.3) is 5.69 Å². The SMILES string of the molecule is C=C(C)CN(CC)Cc1nnc(-c2ccc([N+](=O)[O-])cc2)o1. The highest BCUT2D eigenvalue weighted by molar-refractivity contribution is 5.55. The van der Waals surface area contributed by atoms with E-state index in [1.807, 2.05) is 6.92 Å². The van der Waals surface area contributed by atoms with Crippen molar-refractivity contribution in [3.05, 3.63) is 52.4 Å². The van der Waals surface area contributed by atoms with Gasteiger partial charge in [-0.05, 0) is 25.6 Å². The lowest BCUT2D eigenvalue weighted by molar-refractivity contribution is -0.384. The quantitative estimate of drug-likeness (QED) is 0.444. The lowest BCUT2D eigenvalue weighted by Gasteiger charge is -2.17. The van der Waals surface area contributed by atoms with E-state index in [2.05, 4.69) is 28.6 Å². The third-order valence-electron chi connectivity index (χ3n) is 3.09. The highest BCUT2D eigenvalue weighted by Crippen LogP contribution is 2.21. The van der Waals surface area contributed by atoms with Crippen molar-refractivity contribution in [2.75, 3.05) is 13.1 Å². The number of aromatic nitrogens is 2. The molecule has 0 aliphatic heterocycles. The van der Waals surface area contributed by atoms with Gasteiger partial charge in [0.1, 0.15) is 0 Å². The first-order chi connectivity index (χ1) is 10.5. The first-order valence-corrected chi connectivity index (χ1v) is 6.93. The van der Waals surface area contributed by atoms with E-state index >= 15 is 0 Å². The molecule has 1 heterocycles. The number of nitro benzene ring substituents is 1. The van der Waals surface area contributed by atoms with Crippen LogP contribution in [0.4, 0.5) is 5.69 Å². The van der Waals surface area contributed by atoms with Crippen LogP contribution < -0.4 is 0 Å². The summed E-state index contributed by atoms with van der Waals surface area (Å²) < 4.78 is 5.62. The Balaban J connectivity index is 2.10. The zero-order chi connectivity index (χ0) is 16.1. The Morgan fingerprint density at radius 3 is 2.59 bits per heavy atom. The Hall–Kier alpha value is -2.54. The Morgan fingerprint density at radius 2 is 2.05 bits per heavy atom. The number of nitro groups is 1. The van der Waals surface area contributed by atoms with Crippen LogP contribution in [0.2, 0.25) is 0 Å². The summed E-state index contributed by atoms with van der Waals surface area (Å²) in [5.74, 6) is 0.868. The predicted molar refractivity (Wildman–Crippen MR) is 82.2 cm³/mol. The number of hydrogen-bond donors (Lipinski definition) is 0. The molecule has 0 amide bonds. The number of rotatable bonds is 7. The molecule has 0 radical (unpaired) electrons. The molecule has 0 aliphatic rings. The average molecular weight is 302 g/mol. The normalized spacial score (nSPS) is 10.9. The molecule has 0 fully saturated rings. The Morgan fingerprint density at radius 1 is 1.36 bits per heavy atom. The molecule has 22 heavy (non-hydrogen) atoms. The Bertz CT molecular complexity index is 664. The predicted octanol–water partition coefficient (Wildman–Crippen LogP) is 3.04. The maximum Gasteiger partial charge on any atom is 0.269 e. The molecule has 7 heteroatoms. The summed E-state index contributed by atoms with van der Waals surface area (Å²) in [6.07, 6.45) is 0. The topological polar surface area (TPSA) is 85.3 Å². The van der Waals surface area contributed by atoms with E-state index in [4.69, 9.17) is 4.42 Å². The third kappa shape index (κ3) is 3.98. The number of hydrogen-bond acceptors (Lipinski definition) is 6. The van der Waals surface area contributed by atoms with Gasteiger partial charge in [-0.25, -0.2) is 0 Å². The van der Waals surface area contributed by atoms with Gasteiger partial charge >= 0.3 is 0 Å². The molecule has 0 aliphatic carbocycles. The van der Waals surface area contributed by atoms with Crippen molar-refractivity contribution in [3.63, 3.8) is 0 Å². The fourth-order valence-corrected chi connectivity index (χ4v) is 2.01. The van der Waals surface area contributed by atoms with Gasteiger partial charge in [0.05, 0.1) is 11.5 Å². The first kappa shape index (κ1) is 15.8. The molecule has 0 N–H and O–H groups in total. The van der Waals surface area contributed by atoms with Crippen LogP contribution in [-0.2, 0) is 6.54 Å². The van der Waals surface area contributed by atoms with Gasteiger partial charge in [0.15, 0.2) is 0 Å². The van der Waals surface area contributed by atoms with E-state index in [-0.39, 0.29) is 5.69 Å². The maximum absolute atomic E-state index is 10.6. The lowest BCUT2D eigenvalue weighted by Crippen LogP contribution is -2.24. The molecular weight excluding hydrogens is 284 g/mol. The van der Waals surface area contributed by atoms with Crippen LogP contribution in [0.25, 0.3) is 11.5 Å². The maximum atomic E-state index is 10.6. The molecule has 7 nitrogen and oxygen atoms in total. The minimum absolute atomic E-state index is 0.0297. The van der Waals surface area contributed by atoms with Gasteiger partial charge in [0, 0.05) is 24.2 Å². The summed E-state index contributed by atoms with van der Waals surface area (Å²) in [7, 11) is 0. The molecule has 2 aromatic rings. The minimum atomic E-state index is -0.445. The van der Waals surface area contributed by atoms with Crippen LogP contribution in [0.15, 0.2) is 40.8 Å². The fourth-order valence-electron chi connectivity index (χ4n) is 2.01. The van der Waals surface area contributed by atoms with Crippen molar-refractivity contribution in [1.29, 1.82) is 0 Å². The van der Waals surface area contributed by atoms with Gasteiger partial charge in [-0.3, -0.25) is 15.0 Å². The van der Waals surface area contributed by atoms with Crippen LogP contribution in [0.3, 0.4) is 0 Å². The highest BCUT2D eigenvalue weighted by Gasteiger charge is 2.13. The van der Waals surface area contributed by atoms with Crippen molar-refractivity contribution in [3.8, 4) is 11.5 Å². The summed E-state index contributed by atoms with van der Waals surface area (Å²) in [4.78, 5) is 12.3. The molecule has 2 rings (SSSR count). The zero-order valence-corrected chi connectivity index (χ0v) is 12.7. The summed E-state index contributed by atoms with van der Waals surface area (Å²) in [6.45, 7) is 10.1. The molecule has 116 valence electrons. The number of likely N-dealkylation sites (N-methyl/N-ethyl adjacent to an activating group) is 1. The van der Waals surface area contributed by atoms with Crippen molar-refractivity contribution in [1.82, 2.24) is 15.1 Å². The van der Waals surface area contributed by atoms with E-state index in [0.717, 1.165) is 18.7 Å². The number of nitrogens with zero attached hydrogens (tertiary/aromatic N) is 4. The zero-order valence-electron chi connectivity index (χ0n) is 12.7. The standard InChI is InChI=1S/C15H18N4O3/c1-4-18(9-11(2)3)10-14-16-17-15(22-14)12-5-7-13(8-6-12)19(20)21/h5-8H,2,4,9-10H2,1,3H3. The summed E-state index contributed by atoms with van der Waals surface area (Å²) in [5.41, 5.74) is 1.76. The second kappa shape index (κ2) is 6.95. The van der Waals surface area contributed by atoms with Crippen LogP contribution in [0.5, 0.6) is 0 Å². The first-order valence-electron chi connectivity index (χ1n) is 6.93. The van der Waals surface area contributed by atoms with Gasteiger partial charge in [-0.15, -0.1) is 10.2 Å². The molecule has 1 aromatic heterocycles. The van der Waals surface area contributed by atoms with Crippen LogP contribution >= 0.6 is 0 Å². The van der Waals surface area contributed by atoms with Crippen LogP contribution in [0, 0.1) is 10.1 Å². The third-order valence-corrected chi connectivity index (χ3v) is 3.09. The lowest BCUT2D eigenvalue weighted by atomic mass is 10.2. The van der Waals surface area contributed by atoms with E-state index in [9.17, 15) is 10.1 Å². The summed E-state index contributed by atoms with van der Waals surface area (Å²) >= 11 is 0. The summed E-state index contributed by atoms with van der Waals surface area (Å²) in [5, 5.41) is 18.7. The number of non-ortho nitro benzene ring substituents is 1. The molecule has 0 spiro atoms. The van der Waals surface area contributed by atoms with Gasteiger partial charge < -0.3 is 4.42 Å². The molecule has 0 unspecified atom stereocenters. The van der Waals surface area contributed by atoms with Gasteiger partial charge in [-0.1, -0.05) is 19.1 Å². The van der Waals surface area contributed by atoms with E-state index in [1.165, 1.54) is 12.1 Å². The van der Waals surface area contributed by atoms with Crippen LogP contribution in [-0.4, -0.2) is 33.1 Å². The number of benzene rings is 1. The molecular formula is C15H18N4O3. The van der Waals surface area contributed by atoms with E-state index in [1.54, 1.807) is 12.1 Å². The van der Waals surface area contributed by atoms with E-state index in [0.29, 0.717) is 23.9 Å². The average Bonchev–Trinajstić information content (AvgIpc) is 2.94. The molecule has 0 saturated carbocycles. The smallest absolute Gasteiger partial charge is 0.269 e. The Labute approximate surface area is 128 Å². The fraction of sp³-hybridized carbons (Fsp3) is 0.333. The van der Waals surface area contributed by atoms with E-state index < -0.39 is 4.92 Å². The monoisotopic (exact) mass is 302 g/mol.